The standard InChI is InChI=1S/C26H21NO4/c28-23(18-9-3-1-4-10-18)15-16-24(29)31-26(19-11-5-2-6-12-19)25(30)21-17-27-22-14-8-7-13-20(21)22/h1-14,17,26-27H,15-16H2/t26-/m0/s1. The summed E-state index contributed by atoms with van der Waals surface area (Å²) in [5.41, 5.74) is 2.42. The Bertz CT molecular complexity index is 1210. The Morgan fingerprint density at radius 1 is 0.774 bits per heavy atom. The number of para-hydroxylation sites is 1. The molecule has 1 heterocycles. The maximum absolute atomic E-state index is 13.4. The number of ether oxygens (including phenoxy) is 1. The average Bonchev–Trinajstić information content (AvgIpc) is 3.26. The zero-order chi connectivity index (χ0) is 21.6. The first-order valence-corrected chi connectivity index (χ1v) is 10.1. The van der Waals surface area contributed by atoms with Gasteiger partial charge in [-0.05, 0) is 6.07 Å². The van der Waals surface area contributed by atoms with Crippen LogP contribution in [0, 0.1) is 0 Å². The monoisotopic (exact) mass is 411 g/mol. The Morgan fingerprint density at radius 3 is 2.16 bits per heavy atom. The van der Waals surface area contributed by atoms with Crippen molar-refractivity contribution in [1.82, 2.24) is 4.98 Å². The van der Waals surface area contributed by atoms with Crippen LogP contribution in [0.5, 0.6) is 0 Å². The fourth-order valence-corrected chi connectivity index (χ4v) is 3.49. The van der Waals surface area contributed by atoms with Crippen LogP contribution in [-0.4, -0.2) is 22.5 Å². The predicted octanol–water partition coefficient (Wildman–Crippen LogP) is 5.30. The number of aromatic amines is 1. The maximum Gasteiger partial charge on any atom is 0.307 e. The summed E-state index contributed by atoms with van der Waals surface area (Å²) in [6, 6.07) is 25.2. The molecule has 0 radical (unpaired) electrons. The third-order valence-electron chi connectivity index (χ3n) is 5.10. The minimum Gasteiger partial charge on any atom is -0.449 e. The molecule has 0 unspecified atom stereocenters. The molecule has 1 N–H and O–H groups in total. The van der Waals surface area contributed by atoms with Crippen LogP contribution in [-0.2, 0) is 9.53 Å². The molecule has 5 nitrogen and oxygen atoms in total. The Balaban J connectivity index is 1.52. The smallest absolute Gasteiger partial charge is 0.307 e. The number of hydrogen-bond acceptors (Lipinski definition) is 4. The lowest BCUT2D eigenvalue weighted by atomic mass is 9.99. The van der Waals surface area contributed by atoms with Gasteiger partial charge in [0.1, 0.15) is 0 Å². The van der Waals surface area contributed by atoms with Gasteiger partial charge in [-0.3, -0.25) is 14.4 Å². The van der Waals surface area contributed by atoms with Crippen molar-refractivity contribution in [1.29, 1.82) is 0 Å². The van der Waals surface area contributed by atoms with Crippen LogP contribution in [0.4, 0.5) is 0 Å². The number of carbonyl (C=O) groups is 3. The number of fused-ring (bicyclic) bond motifs is 1. The van der Waals surface area contributed by atoms with Crippen molar-refractivity contribution in [2.24, 2.45) is 0 Å². The number of rotatable bonds is 8. The highest BCUT2D eigenvalue weighted by molar-refractivity contribution is 6.10. The van der Waals surface area contributed by atoms with E-state index in [1.165, 1.54) is 0 Å². The van der Waals surface area contributed by atoms with Gasteiger partial charge in [-0.15, -0.1) is 0 Å². The predicted molar refractivity (Wildman–Crippen MR) is 118 cm³/mol. The molecule has 0 amide bonds. The van der Waals surface area contributed by atoms with Crippen molar-refractivity contribution >= 4 is 28.4 Å². The number of benzene rings is 3. The highest BCUT2D eigenvalue weighted by Crippen LogP contribution is 2.27. The fraction of sp³-hybridized carbons (Fsp3) is 0.115. The van der Waals surface area contributed by atoms with Crippen LogP contribution < -0.4 is 0 Å². The third kappa shape index (κ3) is 4.61. The molecule has 4 aromatic rings. The molecule has 0 bridgehead atoms. The van der Waals surface area contributed by atoms with Gasteiger partial charge in [-0.2, -0.15) is 0 Å². The van der Waals surface area contributed by atoms with E-state index in [0.717, 1.165) is 10.9 Å². The van der Waals surface area contributed by atoms with Crippen molar-refractivity contribution in [3.05, 3.63) is 108 Å². The number of aromatic nitrogens is 1. The second-order valence-electron chi connectivity index (χ2n) is 7.18. The number of Topliss-reactive ketones (excluding diaryl/α,β-unsaturated/α-hetero) is 2. The molecule has 0 aliphatic rings. The molecule has 0 fully saturated rings. The van der Waals surface area contributed by atoms with Gasteiger partial charge in [0.25, 0.3) is 0 Å². The van der Waals surface area contributed by atoms with E-state index >= 15 is 0 Å². The number of esters is 1. The van der Waals surface area contributed by atoms with Gasteiger partial charge in [0.15, 0.2) is 11.9 Å². The van der Waals surface area contributed by atoms with Gasteiger partial charge in [0.05, 0.1) is 6.42 Å². The van der Waals surface area contributed by atoms with Gasteiger partial charge in [0.2, 0.25) is 5.78 Å². The molecule has 154 valence electrons. The first-order valence-electron chi connectivity index (χ1n) is 10.1. The minimum absolute atomic E-state index is 0.0195. The number of hydrogen-bond donors (Lipinski definition) is 1. The van der Waals surface area contributed by atoms with E-state index < -0.39 is 12.1 Å². The first kappa shape index (κ1) is 20.3. The van der Waals surface area contributed by atoms with Gasteiger partial charge < -0.3 is 9.72 Å². The van der Waals surface area contributed by atoms with Crippen molar-refractivity contribution in [2.45, 2.75) is 18.9 Å². The van der Waals surface area contributed by atoms with Crippen molar-refractivity contribution in [3.63, 3.8) is 0 Å². The Morgan fingerprint density at radius 2 is 1.42 bits per heavy atom. The van der Waals surface area contributed by atoms with E-state index in [1.54, 1.807) is 54.7 Å². The molecule has 0 aliphatic carbocycles. The lowest BCUT2D eigenvalue weighted by molar-refractivity contribution is -0.147. The summed E-state index contributed by atoms with van der Waals surface area (Å²) in [7, 11) is 0. The zero-order valence-corrected chi connectivity index (χ0v) is 16.8. The second-order valence-corrected chi connectivity index (χ2v) is 7.18. The van der Waals surface area contributed by atoms with Crippen molar-refractivity contribution in [3.8, 4) is 0 Å². The van der Waals surface area contributed by atoms with Crippen LogP contribution in [0.3, 0.4) is 0 Å². The SMILES string of the molecule is O=C(CCC(=O)c1ccccc1)O[C@H](C(=O)c1c[nH]c2ccccc12)c1ccccc1. The van der Waals surface area contributed by atoms with E-state index in [-0.39, 0.29) is 24.4 Å². The summed E-state index contributed by atoms with van der Waals surface area (Å²) in [6.45, 7) is 0. The lowest BCUT2D eigenvalue weighted by Crippen LogP contribution is -2.20. The Kier molecular flexibility index (Phi) is 6.03. The molecule has 0 spiro atoms. The fourth-order valence-electron chi connectivity index (χ4n) is 3.49. The largest absolute Gasteiger partial charge is 0.449 e. The summed E-state index contributed by atoms with van der Waals surface area (Å²) >= 11 is 0. The van der Waals surface area contributed by atoms with E-state index in [4.69, 9.17) is 4.74 Å². The summed E-state index contributed by atoms with van der Waals surface area (Å²) in [6.07, 6.45) is 0.472. The maximum atomic E-state index is 13.4. The second kappa shape index (κ2) is 9.22. The molecule has 0 saturated carbocycles. The zero-order valence-electron chi connectivity index (χ0n) is 16.8. The van der Waals surface area contributed by atoms with Gasteiger partial charge in [0, 0.05) is 40.2 Å². The van der Waals surface area contributed by atoms with Crippen LogP contribution in [0.15, 0.2) is 91.1 Å². The minimum atomic E-state index is -1.08. The average molecular weight is 411 g/mol. The van der Waals surface area contributed by atoms with Gasteiger partial charge in [-0.25, -0.2) is 0 Å². The molecule has 1 atom stereocenters. The molecule has 0 aliphatic heterocycles. The number of nitrogens with one attached hydrogen (secondary N) is 1. The highest BCUT2D eigenvalue weighted by atomic mass is 16.5. The van der Waals surface area contributed by atoms with Gasteiger partial charge in [-0.1, -0.05) is 78.9 Å². The molecule has 31 heavy (non-hydrogen) atoms. The lowest BCUT2D eigenvalue weighted by Gasteiger charge is -2.17. The van der Waals surface area contributed by atoms with Crippen LogP contribution >= 0.6 is 0 Å². The number of H-pyrrole nitrogens is 1. The van der Waals surface area contributed by atoms with Crippen molar-refractivity contribution < 1.29 is 19.1 Å². The van der Waals surface area contributed by atoms with Gasteiger partial charge >= 0.3 is 5.97 Å². The van der Waals surface area contributed by atoms with E-state index in [9.17, 15) is 14.4 Å². The van der Waals surface area contributed by atoms with Crippen LogP contribution in [0.25, 0.3) is 10.9 Å². The molecule has 4 rings (SSSR count). The summed E-state index contributed by atoms with van der Waals surface area (Å²) in [5, 5.41) is 0.767. The van der Waals surface area contributed by atoms with E-state index in [1.807, 2.05) is 36.4 Å². The Labute approximate surface area is 179 Å². The first-order chi connectivity index (χ1) is 15.1. The normalized spacial score (nSPS) is 11.7. The van der Waals surface area contributed by atoms with Crippen LogP contribution in [0.2, 0.25) is 0 Å². The summed E-state index contributed by atoms with van der Waals surface area (Å²) < 4.78 is 5.60. The summed E-state index contributed by atoms with van der Waals surface area (Å²) in [4.78, 5) is 41.3. The topological polar surface area (TPSA) is 76.2 Å². The molecule has 0 saturated heterocycles. The molecule has 5 heteroatoms. The van der Waals surface area contributed by atoms with E-state index in [0.29, 0.717) is 16.7 Å². The van der Waals surface area contributed by atoms with Crippen LogP contribution in [0.1, 0.15) is 45.2 Å². The number of ketones is 2. The molecular formula is C26H21NO4. The molecule has 1 aromatic heterocycles. The Hall–Kier alpha value is -3.99. The van der Waals surface area contributed by atoms with Crippen molar-refractivity contribution in [2.75, 3.05) is 0 Å². The molecular weight excluding hydrogens is 390 g/mol. The number of carbonyl (C=O) groups excluding carboxylic acids is 3. The van der Waals surface area contributed by atoms with E-state index in [2.05, 4.69) is 4.98 Å². The molecule has 3 aromatic carbocycles. The highest BCUT2D eigenvalue weighted by Gasteiger charge is 2.28. The third-order valence-corrected chi connectivity index (χ3v) is 5.10. The summed E-state index contributed by atoms with van der Waals surface area (Å²) in [5.74, 6) is -1.05. The quantitative estimate of drug-likeness (QED) is 0.315.